The van der Waals surface area contributed by atoms with E-state index in [1.807, 2.05) is 0 Å². The first-order valence-corrected chi connectivity index (χ1v) is 4.93. The van der Waals surface area contributed by atoms with Gasteiger partial charge < -0.3 is 4.74 Å². The van der Waals surface area contributed by atoms with Gasteiger partial charge in [0.1, 0.15) is 11.8 Å². The zero-order valence-corrected chi connectivity index (χ0v) is 9.29. The fourth-order valence-corrected chi connectivity index (χ4v) is 1.47. The first-order valence-electron chi connectivity index (χ1n) is 4.93. The summed E-state index contributed by atoms with van der Waals surface area (Å²) in [6.45, 7) is 5.32. The number of carbonyl (C=O) groups excluding carboxylic acids is 1. The van der Waals surface area contributed by atoms with Crippen LogP contribution in [0.1, 0.15) is 27.2 Å². The Kier molecular flexibility index (Phi) is 3.23. The van der Waals surface area contributed by atoms with Crippen molar-refractivity contribution in [3.63, 3.8) is 0 Å². The van der Waals surface area contributed by atoms with Crippen molar-refractivity contribution in [2.45, 2.75) is 45.0 Å². The van der Waals surface area contributed by atoms with Crippen molar-refractivity contribution in [2.75, 3.05) is 6.54 Å². The summed E-state index contributed by atoms with van der Waals surface area (Å²) in [5.41, 5.74) is -0.579. The molecule has 0 aromatic rings. The van der Waals surface area contributed by atoms with Gasteiger partial charge in [-0.05, 0) is 20.8 Å². The van der Waals surface area contributed by atoms with Gasteiger partial charge in [0.15, 0.2) is 0 Å². The highest BCUT2D eigenvalue weighted by molar-refractivity contribution is 5.69. The topological polar surface area (TPSA) is 29.5 Å². The molecule has 0 unspecified atom stereocenters. The predicted octanol–water partition coefficient (Wildman–Crippen LogP) is 1.97. The van der Waals surface area contributed by atoms with Crippen LogP contribution in [0.3, 0.4) is 0 Å². The molecule has 15 heavy (non-hydrogen) atoms. The third kappa shape index (κ3) is 3.12. The molecule has 0 bridgehead atoms. The fraction of sp³-hybridized carbons (Fsp3) is 0.727. The predicted molar refractivity (Wildman–Crippen MR) is 55.1 cm³/mol. The van der Waals surface area contributed by atoms with E-state index in [2.05, 4.69) is 5.92 Å². The van der Waals surface area contributed by atoms with Gasteiger partial charge in [0, 0.05) is 6.42 Å². The molecule has 2 atom stereocenters. The van der Waals surface area contributed by atoms with Crippen LogP contribution in [0.5, 0.6) is 0 Å². The van der Waals surface area contributed by atoms with Gasteiger partial charge in [-0.25, -0.2) is 9.18 Å². The Morgan fingerprint density at radius 2 is 2.20 bits per heavy atom. The molecule has 0 aromatic heterocycles. The minimum absolute atomic E-state index is 0.0315. The van der Waals surface area contributed by atoms with Crippen molar-refractivity contribution in [1.29, 1.82) is 0 Å². The van der Waals surface area contributed by atoms with Gasteiger partial charge in [-0.15, -0.1) is 6.42 Å². The average molecular weight is 213 g/mol. The van der Waals surface area contributed by atoms with Gasteiger partial charge >= 0.3 is 6.09 Å². The van der Waals surface area contributed by atoms with E-state index in [-0.39, 0.29) is 13.0 Å². The highest BCUT2D eigenvalue weighted by Gasteiger charge is 2.36. The van der Waals surface area contributed by atoms with Gasteiger partial charge in [-0.1, -0.05) is 5.92 Å². The summed E-state index contributed by atoms with van der Waals surface area (Å²) in [6, 6.07) is -0.477. The second kappa shape index (κ2) is 4.09. The third-order valence-electron chi connectivity index (χ3n) is 2.07. The zero-order valence-electron chi connectivity index (χ0n) is 9.29. The van der Waals surface area contributed by atoms with Crippen LogP contribution >= 0.6 is 0 Å². The lowest BCUT2D eigenvalue weighted by Gasteiger charge is -2.26. The summed E-state index contributed by atoms with van der Waals surface area (Å²) in [5.74, 6) is 2.40. The summed E-state index contributed by atoms with van der Waals surface area (Å²) in [4.78, 5) is 12.9. The van der Waals surface area contributed by atoms with Crippen LogP contribution in [0.25, 0.3) is 0 Å². The smallest absolute Gasteiger partial charge is 0.411 e. The fourth-order valence-electron chi connectivity index (χ4n) is 1.47. The average Bonchev–Trinajstić information content (AvgIpc) is 2.43. The maximum Gasteiger partial charge on any atom is 0.411 e. The van der Waals surface area contributed by atoms with Gasteiger partial charge in [0.25, 0.3) is 0 Å². The van der Waals surface area contributed by atoms with Crippen LogP contribution < -0.4 is 0 Å². The molecule has 1 aliphatic heterocycles. The lowest BCUT2D eigenvalue weighted by atomic mass is 10.2. The Balaban J connectivity index is 2.64. The Morgan fingerprint density at radius 3 is 2.67 bits per heavy atom. The second-order valence-electron chi connectivity index (χ2n) is 4.65. The van der Waals surface area contributed by atoms with Crippen LogP contribution in [0.15, 0.2) is 0 Å². The quantitative estimate of drug-likeness (QED) is 0.576. The van der Waals surface area contributed by atoms with Crippen LogP contribution in [-0.4, -0.2) is 35.4 Å². The molecule has 1 fully saturated rings. The summed E-state index contributed by atoms with van der Waals surface area (Å²) in [5, 5.41) is 0. The van der Waals surface area contributed by atoms with E-state index in [9.17, 15) is 9.18 Å². The monoisotopic (exact) mass is 213 g/mol. The number of hydrogen-bond donors (Lipinski definition) is 0. The molecule has 84 valence electrons. The molecule has 0 saturated carbocycles. The number of rotatable bonds is 0. The molecule has 0 spiro atoms. The minimum atomic E-state index is -1.04. The number of ether oxygens (including phenoxy) is 1. The number of terminal acetylenes is 1. The van der Waals surface area contributed by atoms with Crippen molar-refractivity contribution in [1.82, 2.24) is 4.90 Å². The zero-order chi connectivity index (χ0) is 11.6. The van der Waals surface area contributed by atoms with Gasteiger partial charge in [-0.2, -0.15) is 0 Å². The first-order chi connectivity index (χ1) is 6.83. The number of likely N-dealkylation sites (tertiary alicyclic amines) is 1. The molecule has 1 heterocycles. The van der Waals surface area contributed by atoms with E-state index in [0.29, 0.717) is 0 Å². The van der Waals surface area contributed by atoms with E-state index in [0.717, 1.165) is 0 Å². The van der Waals surface area contributed by atoms with E-state index >= 15 is 0 Å². The van der Waals surface area contributed by atoms with Crippen molar-refractivity contribution >= 4 is 6.09 Å². The largest absolute Gasteiger partial charge is 0.444 e. The van der Waals surface area contributed by atoms with Crippen molar-refractivity contribution in [3.8, 4) is 12.3 Å². The molecule has 1 saturated heterocycles. The normalized spacial score (nSPS) is 26.2. The van der Waals surface area contributed by atoms with E-state index in [1.165, 1.54) is 4.90 Å². The molecule has 1 rings (SSSR count). The SMILES string of the molecule is C#C[C@@H]1C[C@@H](F)CN1C(=O)OC(C)(C)C. The molecule has 0 radical (unpaired) electrons. The van der Waals surface area contributed by atoms with Crippen LogP contribution in [0, 0.1) is 12.3 Å². The molecule has 0 N–H and O–H groups in total. The Hall–Kier alpha value is -1.24. The number of hydrogen-bond acceptors (Lipinski definition) is 2. The molecular formula is C11H16FNO2. The Labute approximate surface area is 89.6 Å². The number of nitrogens with zero attached hydrogens (tertiary/aromatic N) is 1. The maximum absolute atomic E-state index is 13.1. The first kappa shape index (κ1) is 11.8. The van der Waals surface area contributed by atoms with Crippen molar-refractivity contribution in [3.05, 3.63) is 0 Å². The van der Waals surface area contributed by atoms with Gasteiger partial charge in [0.05, 0.1) is 12.6 Å². The molecule has 1 aliphatic rings. The number of amides is 1. The van der Waals surface area contributed by atoms with E-state index in [4.69, 9.17) is 11.2 Å². The van der Waals surface area contributed by atoms with Crippen LogP contribution in [-0.2, 0) is 4.74 Å². The second-order valence-corrected chi connectivity index (χ2v) is 4.65. The summed E-state index contributed by atoms with van der Waals surface area (Å²) < 4.78 is 18.2. The van der Waals surface area contributed by atoms with E-state index < -0.39 is 23.9 Å². The van der Waals surface area contributed by atoms with Gasteiger partial charge in [-0.3, -0.25) is 4.90 Å². The minimum Gasteiger partial charge on any atom is -0.444 e. The molecule has 3 nitrogen and oxygen atoms in total. The van der Waals surface area contributed by atoms with Crippen LogP contribution in [0.2, 0.25) is 0 Å². The van der Waals surface area contributed by atoms with Crippen molar-refractivity contribution < 1.29 is 13.9 Å². The number of halogens is 1. The molecule has 0 aromatic carbocycles. The molecule has 0 aliphatic carbocycles. The summed E-state index contributed by atoms with van der Waals surface area (Å²) >= 11 is 0. The van der Waals surface area contributed by atoms with E-state index in [1.54, 1.807) is 20.8 Å². The lowest BCUT2D eigenvalue weighted by Crippen LogP contribution is -2.39. The standard InChI is InChI=1S/C11H16FNO2/c1-5-9-6-8(12)7-13(9)10(14)15-11(2,3)4/h1,8-9H,6-7H2,2-4H3/t8-,9-/m1/s1. The molecule has 4 heteroatoms. The lowest BCUT2D eigenvalue weighted by molar-refractivity contribution is 0.0251. The maximum atomic E-state index is 13.1. The van der Waals surface area contributed by atoms with Crippen molar-refractivity contribution in [2.24, 2.45) is 0 Å². The van der Waals surface area contributed by atoms with Gasteiger partial charge in [0.2, 0.25) is 0 Å². The molecule has 1 amide bonds. The molecular weight excluding hydrogens is 197 g/mol. The highest BCUT2D eigenvalue weighted by atomic mass is 19.1. The highest BCUT2D eigenvalue weighted by Crippen LogP contribution is 2.22. The Bertz CT molecular complexity index is 290. The third-order valence-corrected chi connectivity index (χ3v) is 2.07. The number of carbonyl (C=O) groups is 1. The summed E-state index contributed by atoms with van der Waals surface area (Å²) in [7, 11) is 0. The van der Waals surface area contributed by atoms with Crippen LogP contribution in [0.4, 0.5) is 9.18 Å². The number of alkyl halides is 1. The summed E-state index contributed by atoms with van der Waals surface area (Å²) in [6.07, 6.45) is 3.85. The Morgan fingerprint density at radius 1 is 1.60 bits per heavy atom.